The Balaban J connectivity index is 2.40. The maximum atomic E-state index is 13.6. The molecule has 38 heavy (non-hydrogen) atoms. The minimum Gasteiger partial charge on any atom is -0.493 e. The molecule has 0 N–H and O–H groups in total. The quantitative estimate of drug-likeness (QED) is 0.199. The van der Waals surface area contributed by atoms with E-state index in [1.54, 1.807) is 43.3 Å². The summed E-state index contributed by atoms with van der Waals surface area (Å²) in [4.78, 5) is 38.2. The Kier molecular flexibility index (Phi) is 12.3. The molecule has 0 unspecified atom stereocenters. The zero-order valence-electron chi connectivity index (χ0n) is 23.8. The number of ether oxygens (including phenoxy) is 4. The molecule has 0 spiro atoms. The lowest BCUT2D eigenvalue weighted by atomic mass is 9.97. The molecule has 2 aromatic rings. The van der Waals surface area contributed by atoms with Crippen molar-refractivity contribution in [1.82, 2.24) is 0 Å². The van der Waals surface area contributed by atoms with Crippen molar-refractivity contribution >= 4 is 17.7 Å². The Morgan fingerprint density at radius 2 is 1.32 bits per heavy atom. The maximum Gasteiger partial charge on any atom is 0.338 e. The smallest absolute Gasteiger partial charge is 0.338 e. The highest BCUT2D eigenvalue weighted by molar-refractivity contribution is 6.11. The molecule has 0 fully saturated rings. The second-order valence-corrected chi connectivity index (χ2v) is 10.6. The van der Waals surface area contributed by atoms with E-state index in [-0.39, 0.29) is 30.0 Å². The van der Waals surface area contributed by atoms with Gasteiger partial charge in [-0.2, -0.15) is 0 Å². The van der Waals surface area contributed by atoms with Crippen molar-refractivity contribution < 1.29 is 33.3 Å². The molecule has 0 amide bonds. The minimum absolute atomic E-state index is 0.180. The fourth-order valence-corrected chi connectivity index (χ4v) is 3.48. The summed E-state index contributed by atoms with van der Waals surface area (Å²) in [6.07, 6.45) is 0.560. The molecule has 0 saturated carbocycles. The Hall–Kier alpha value is -3.35. The predicted molar refractivity (Wildman–Crippen MR) is 147 cm³/mol. The van der Waals surface area contributed by atoms with Gasteiger partial charge in [-0.15, -0.1) is 0 Å². The minimum atomic E-state index is -0.458. The molecule has 2 rings (SSSR count). The molecule has 0 aliphatic carbocycles. The van der Waals surface area contributed by atoms with E-state index in [1.807, 2.05) is 27.7 Å². The monoisotopic (exact) mass is 526 g/mol. The van der Waals surface area contributed by atoms with Crippen LogP contribution in [0.5, 0.6) is 11.5 Å². The predicted octanol–water partition coefficient (Wildman–Crippen LogP) is 6.30. The molecule has 0 aliphatic heterocycles. The lowest BCUT2D eigenvalue weighted by molar-refractivity contribution is -0.143. The van der Waals surface area contributed by atoms with Gasteiger partial charge >= 0.3 is 11.9 Å². The highest BCUT2D eigenvalue weighted by atomic mass is 16.5. The lowest BCUT2D eigenvalue weighted by Crippen LogP contribution is -2.14. The van der Waals surface area contributed by atoms with Gasteiger partial charge in [0.25, 0.3) is 0 Å². The first-order valence-electron chi connectivity index (χ1n) is 13.4. The number of benzene rings is 2. The summed E-state index contributed by atoms with van der Waals surface area (Å²) in [5, 5.41) is 0. The first-order valence-corrected chi connectivity index (χ1v) is 13.4. The molecule has 7 heteroatoms. The van der Waals surface area contributed by atoms with E-state index >= 15 is 0 Å². The topological polar surface area (TPSA) is 88.1 Å². The zero-order valence-corrected chi connectivity index (χ0v) is 23.8. The number of ketones is 1. The summed E-state index contributed by atoms with van der Waals surface area (Å²) in [5.41, 5.74) is 1.86. The van der Waals surface area contributed by atoms with Crippen molar-refractivity contribution in [2.75, 3.05) is 26.4 Å². The number of aryl methyl sites for hydroxylation is 1. The van der Waals surface area contributed by atoms with Crippen LogP contribution in [0.3, 0.4) is 0 Å². The summed E-state index contributed by atoms with van der Waals surface area (Å²) in [5.74, 6) is 0.709. The van der Waals surface area contributed by atoms with E-state index in [9.17, 15) is 14.4 Å². The number of carbonyl (C=O) groups excluding carboxylic acids is 3. The van der Waals surface area contributed by atoms with Crippen LogP contribution in [-0.4, -0.2) is 44.1 Å². The third kappa shape index (κ3) is 9.84. The van der Waals surface area contributed by atoms with Crippen LogP contribution >= 0.6 is 0 Å². The molecular formula is C31H42O7. The van der Waals surface area contributed by atoms with Crippen LogP contribution in [-0.2, 0) is 20.7 Å². The van der Waals surface area contributed by atoms with E-state index < -0.39 is 5.97 Å². The Morgan fingerprint density at radius 1 is 0.711 bits per heavy atom. The first kappa shape index (κ1) is 30.9. The number of rotatable bonds is 15. The Labute approximate surface area is 226 Å². The van der Waals surface area contributed by atoms with Crippen LogP contribution in [0.2, 0.25) is 0 Å². The summed E-state index contributed by atoms with van der Waals surface area (Å²) < 4.78 is 22.4. The summed E-state index contributed by atoms with van der Waals surface area (Å²) in [6, 6.07) is 9.99. The van der Waals surface area contributed by atoms with Gasteiger partial charge in [0.2, 0.25) is 0 Å². The van der Waals surface area contributed by atoms with E-state index in [0.717, 1.165) is 5.56 Å². The second-order valence-electron chi connectivity index (χ2n) is 10.6. The van der Waals surface area contributed by atoms with Crippen LogP contribution in [0.15, 0.2) is 36.4 Å². The van der Waals surface area contributed by atoms with E-state index in [0.29, 0.717) is 67.0 Å². The molecule has 0 heterocycles. The Bertz CT molecular complexity index is 1090. The molecule has 0 aromatic heterocycles. The van der Waals surface area contributed by atoms with Crippen molar-refractivity contribution in [2.45, 2.75) is 61.3 Å². The molecule has 208 valence electrons. The normalized spacial score (nSPS) is 11.1. The van der Waals surface area contributed by atoms with Gasteiger partial charge in [-0.3, -0.25) is 9.59 Å². The molecule has 2 aromatic carbocycles. The van der Waals surface area contributed by atoms with Gasteiger partial charge in [-0.25, -0.2) is 4.79 Å². The SMILES string of the molecule is CCOC(=O)CCc1cc(C(=O)c2ccc(C(=O)OCC(C)C)cc2OCC(C)C)ccc1OCC(C)C. The van der Waals surface area contributed by atoms with Gasteiger partial charge < -0.3 is 18.9 Å². The second kappa shape index (κ2) is 15.2. The van der Waals surface area contributed by atoms with Gasteiger partial charge in [0.15, 0.2) is 5.78 Å². The molecule has 0 bridgehead atoms. The highest BCUT2D eigenvalue weighted by Crippen LogP contribution is 2.28. The molecule has 0 aliphatic rings. The number of hydrogen-bond donors (Lipinski definition) is 0. The fraction of sp³-hybridized carbons (Fsp3) is 0.516. The molecular weight excluding hydrogens is 484 g/mol. The molecule has 0 atom stereocenters. The number of hydrogen-bond acceptors (Lipinski definition) is 7. The molecule has 7 nitrogen and oxygen atoms in total. The number of carbonyl (C=O) groups is 3. The third-order valence-electron chi connectivity index (χ3n) is 5.38. The number of esters is 2. The largest absolute Gasteiger partial charge is 0.493 e. The van der Waals surface area contributed by atoms with E-state index in [4.69, 9.17) is 18.9 Å². The van der Waals surface area contributed by atoms with Gasteiger partial charge in [0, 0.05) is 12.0 Å². The van der Waals surface area contributed by atoms with Crippen molar-refractivity contribution in [1.29, 1.82) is 0 Å². The summed E-state index contributed by atoms with van der Waals surface area (Å²) in [6.45, 7) is 15.3. The summed E-state index contributed by atoms with van der Waals surface area (Å²) >= 11 is 0. The molecule has 0 radical (unpaired) electrons. The van der Waals surface area contributed by atoms with Gasteiger partial charge in [-0.05, 0) is 73.1 Å². The van der Waals surface area contributed by atoms with Crippen molar-refractivity contribution in [3.05, 3.63) is 58.7 Å². The zero-order chi connectivity index (χ0) is 28.2. The highest BCUT2D eigenvalue weighted by Gasteiger charge is 2.20. The van der Waals surface area contributed by atoms with E-state index in [2.05, 4.69) is 13.8 Å². The third-order valence-corrected chi connectivity index (χ3v) is 5.38. The van der Waals surface area contributed by atoms with Crippen LogP contribution in [0.4, 0.5) is 0 Å². The summed E-state index contributed by atoms with van der Waals surface area (Å²) in [7, 11) is 0. The van der Waals surface area contributed by atoms with Crippen LogP contribution in [0, 0.1) is 17.8 Å². The van der Waals surface area contributed by atoms with Crippen molar-refractivity contribution in [2.24, 2.45) is 17.8 Å². The maximum absolute atomic E-state index is 13.6. The average Bonchev–Trinajstić information content (AvgIpc) is 2.87. The standard InChI is InChI=1S/C31H42O7/c1-8-35-29(32)14-11-23-15-24(10-13-27(23)36-17-20(2)3)30(33)26-12-9-25(31(34)38-19-22(6)7)16-28(26)37-18-21(4)5/h9-10,12-13,15-16,20-22H,8,11,14,17-19H2,1-7H3. The van der Waals surface area contributed by atoms with Crippen molar-refractivity contribution in [3.8, 4) is 11.5 Å². The Morgan fingerprint density at radius 3 is 1.92 bits per heavy atom. The van der Waals surface area contributed by atoms with Crippen LogP contribution in [0.25, 0.3) is 0 Å². The van der Waals surface area contributed by atoms with Crippen LogP contribution < -0.4 is 9.47 Å². The van der Waals surface area contributed by atoms with Gasteiger partial charge in [0.05, 0.1) is 37.6 Å². The van der Waals surface area contributed by atoms with Crippen molar-refractivity contribution in [3.63, 3.8) is 0 Å². The fourth-order valence-electron chi connectivity index (χ4n) is 3.48. The first-order chi connectivity index (χ1) is 18.0. The average molecular weight is 527 g/mol. The van der Waals surface area contributed by atoms with Crippen LogP contribution in [0.1, 0.15) is 86.7 Å². The molecule has 0 saturated heterocycles. The lowest BCUT2D eigenvalue weighted by Gasteiger charge is -2.16. The van der Waals surface area contributed by atoms with Gasteiger partial charge in [-0.1, -0.05) is 41.5 Å². The van der Waals surface area contributed by atoms with Gasteiger partial charge in [0.1, 0.15) is 11.5 Å². The van der Waals surface area contributed by atoms with E-state index in [1.165, 1.54) is 0 Å².